The fourth-order valence-electron chi connectivity index (χ4n) is 5.38. The van der Waals surface area contributed by atoms with Crippen LogP contribution in [0.15, 0.2) is 55.1 Å². The Kier molecular flexibility index (Phi) is 15.2. The minimum absolute atomic E-state index is 0.0427. The van der Waals surface area contributed by atoms with Gasteiger partial charge in [-0.25, -0.2) is 0 Å². The van der Waals surface area contributed by atoms with Gasteiger partial charge in [0.05, 0.1) is 55.8 Å². The predicted octanol–water partition coefficient (Wildman–Crippen LogP) is 4.55. The first-order chi connectivity index (χ1) is 24.6. The SMILES string of the molecule is C=CCC(CC)O/C(=C\C(C)=O)c1ccc(OCCOCCOCCOCCOc2cccc3c2C(=O)N(C2CCC(=O)NC2=O)C3=O)cc1Cl. The van der Waals surface area contributed by atoms with Gasteiger partial charge in [-0.3, -0.25) is 34.2 Å². The molecule has 2 atom stereocenters. The van der Waals surface area contributed by atoms with Gasteiger partial charge in [-0.15, -0.1) is 6.58 Å². The number of hydrogen-bond acceptors (Lipinski definition) is 11. The number of carbonyl (C=O) groups is 5. The molecule has 2 unspecified atom stereocenters. The van der Waals surface area contributed by atoms with Gasteiger partial charge in [0.2, 0.25) is 11.8 Å². The van der Waals surface area contributed by atoms with Crippen LogP contribution in [0.1, 0.15) is 65.8 Å². The van der Waals surface area contributed by atoms with Crippen molar-refractivity contribution < 1.29 is 52.4 Å². The third-order valence-corrected chi connectivity index (χ3v) is 8.19. The van der Waals surface area contributed by atoms with Gasteiger partial charge in [0.25, 0.3) is 11.8 Å². The summed E-state index contributed by atoms with van der Waals surface area (Å²) in [6.07, 6.45) is 4.59. The summed E-state index contributed by atoms with van der Waals surface area (Å²) < 4.78 is 34.2. The number of rotatable bonds is 22. The molecule has 0 aromatic heterocycles. The summed E-state index contributed by atoms with van der Waals surface area (Å²) in [5, 5.41) is 2.57. The first-order valence-electron chi connectivity index (χ1n) is 16.8. The smallest absolute Gasteiger partial charge is 0.266 e. The number of halogens is 1. The number of piperidine rings is 1. The van der Waals surface area contributed by atoms with E-state index in [0.29, 0.717) is 68.2 Å². The number of imide groups is 2. The molecule has 2 aromatic rings. The van der Waals surface area contributed by atoms with Gasteiger partial charge in [-0.1, -0.05) is 30.7 Å². The molecule has 0 spiro atoms. The second-order valence-electron chi connectivity index (χ2n) is 11.6. The summed E-state index contributed by atoms with van der Waals surface area (Å²) in [6, 6.07) is 8.81. The summed E-state index contributed by atoms with van der Waals surface area (Å²) in [4.78, 5) is 62.6. The highest BCUT2D eigenvalue weighted by atomic mass is 35.5. The molecule has 2 heterocycles. The van der Waals surface area contributed by atoms with E-state index < -0.39 is 29.7 Å². The molecular formula is C37H43ClN2O11. The van der Waals surface area contributed by atoms with Crippen LogP contribution in [0.25, 0.3) is 5.76 Å². The van der Waals surface area contributed by atoms with Crippen LogP contribution < -0.4 is 14.8 Å². The first kappa shape index (κ1) is 39.2. The molecule has 0 radical (unpaired) electrons. The van der Waals surface area contributed by atoms with Crippen LogP contribution >= 0.6 is 11.6 Å². The predicted molar refractivity (Wildman–Crippen MR) is 187 cm³/mol. The average molecular weight is 727 g/mol. The molecule has 2 aromatic carbocycles. The maximum absolute atomic E-state index is 13.1. The standard InChI is InChI=1S/C37H43ClN2O11/c1-4-7-25(5-2)51-32(22-24(3)41)27-11-10-26(23-29(27)38)49-20-18-47-16-14-46-15-17-48-19-21-50-31-9-6-8-28-34(31)37(45)40(36(28)44)30-12-13-33(42)39-35(30)43/h4,6,8-11,22-23,25,30H,1,5,7,12-21H2,2-3H3,(H,39,42,43)/b32-22-. The topological polar surface area (TPSA) is 156 Å². The van der Waals surface area contributed by atoms with Crippen LogP contribution in [0, 0.1) is 0 Å². The number of benzene rings is 2. The Hall–Kier alpha value is -4.56. The summed E-state index contributed by atoms with van der Waals surface area (Å²) in [5.74, 6) is -1.31. The van der Waals surface area contributed by atoms with E-state index >= 15 is 0 Å². The van der Waals surface area contributed by atoms with Crippen molar-refractivity contribution in [1.29, 1.82) is 0 Å². The molecule has 13 nitrogen and oxygen atoms in total. The van der Waals surface area contributed by atoms with E-state index in [1.54, 1.807) is 36.4 Å². The van der Waals surface area contributed by atoms with Crippen LogP contribution in [0.4, 0.5) is 0 Å². The Balaban J connectivity index is 1.08. The molecule has 2 aliphatic rings. The van der Waals surface area contributed by atoms with Crippen molar-refractivity contribution >= 4 is 46.8 Å². The molecule has 14 heteroatoms. The van der Waals surface area contributed by atoms with Crippen LogP contribution in [0.3, 0.4) is 0 Å². The van der Waals surface area contributed by atoms with Gasteiger partial charge >= 0.3 is 0 Å². The lowest BCUT2D eigenvalue weighted by molar-refractivity contribution is -0.136. The van der Waals surface area contributed by atoms with E-state index in [2.05, 4.69) is 11.9 Å². The molecule has 0 bridgehead atoms. The van der Waals surface area contributed by atoms with E-state index in [0.717, 1.165) is 11.3 Å². The molecule has 51 heavy (non-hydrogen) atoms. The number of allylic oxidation sites excluding steroid dienone is 1. The fraction of sp³-hybridized carbons (Fsp3) is 0.432. The van der Waals surface area contributed by atoms with Crippen LogP contribution in [0.5, 0.6) is 11.5 Å². The van der Waals surface area contributed by atoms with Gasteiger partial charge < -0.3 is 28.4 Å². The van der Waals surface area contributed by atoms with Crippen molar-refractivity contribution in [3.8, 4) is 11.5 Å². The van der Waals surface area contributed by atoms with Gasteiger partial charge in [0.1, 0.15) is 42.6 Å². The number of amides is 4. The van der Waals surface area contributed by atoms with Crippen molar-refractivity contribution in [1.82, 2.24) is 10.2 Å². The first-order valence-corrected chi connectivity index (χ1v) is 17.2. The highest BCUT2D eigenvalue weighted by Crippen LogP contribution is 2.34. The maximum atomic E-state index is 13.1. The highest BCUT2D eigenvalue weighted by molar-refractivity contribution is 6.32. The number of carbonyl (C=O) groups excluding carboxylic acids is 5. The monoisotopic (exact) mass is 726 g/mol. The van der Waals surface area contributed by atoms with Crippen LogP contribution in [-0.4, -0.2) is 99.3 Å². The van der Waals surface area contributed by atoms with Crippen molar-refractivity contribution in [2.24, 2.45) is 0 Å². The number of fused-ring (bicyclic) bond motifs is 1. The Bertz CT molecular complexity index is 1630. The molecule has 274 valence electrons. The molecule has 1 fully saturated rings. The zero-order chi connectivity index (χ0) is 36.8. The molecule has 1 saturated heterocycles. The lowest BCUT2D eigenvalue weighted by Gasteiger charge is -2.27. The van der Waals surface area contributed by atoms with Crippen molar-refractivity contribution in [3.05, 3.63) is 76.8 Å². The molecule has 2 aliphatic heterocycles. The van der Waals surface area contributed by atoms with E-state index in [-0.39, 0.29) is 54.8 Å². The van der Waals surface area contributed by atoms with Gasteiger partial charge in [-0.2, -0.15) is 0 Å². The van der Waals surface area contributed by atoms with Gasteiger partial charge in [0, 0.05) is 24.5 Å². The van der Waals surface area contributed by atoms with E-state index in [4.69, 9.17) is 40.0 Å². The molecule has 1 N–H and O–H groups in total. The number of ether oxygens (including phenoxy) is 6. The number of ketones is 1. The summed E-state index contributed by atoms with van der Waals surface area (Å²) in [7, 11) is 0. The number of nitrogens with zero attached hydrogens (tertiary/aromatic N) is 1. The average Bonchev–Trinajstić information content (AvgIpc) is 3.35. The Morgan fingerprint density at radius 3 is 2.24 bits per heavy atom. The number of hydrogen-bond donors (Lipinski definition) is 1. The van der Waals surface area contributed by atoms with Crippen LogP contribution in [-0.2, 0) is 33.3 Å². The Labute approximate surface area is 301 Å². The zero-order valence-corrected chi connectivity index (χ0v) is 29.5. The molecule has 4 rings (SSSR count). The minimum Gasteiger partial charge on any atom is -0.491 e. The summed E-state index contributed by atoms with van der Waals surface area (Å²) in [6.45, 7) is 9.51. The molecular weight excluding hydrogens is 684 g/mol. The van der Waals surface area contributed by atoms with Gasteiger partial charge in [-0.05, 0) is 50.1 Å². The zero-order valence-electron chi connectivity index (χ0n) is 28.8. The second-order valence-corrected chi connectivity index (χ2v) is 12.0. The Morgan fingerprint density at radius 2 is 1.63 bits per heavy atom. The van der Waals surface area contributed by atoms with E-state index in [9.17, 15) is 24.0 Å². The lowest BCUT2D eigenvalue weighted by Crippen LogP contribution is -2.54. The Morgan fingerprint density at radius 1 is 0.961 bits per heavy atom. The highest BCUT2D eigenvalue weighted by Gasteiger charge is 2.46. The lowest BCUT2D eigenvalue weighted by atomic mass is 10.0. The van der Waals surface area contributed by atoms with Crippen molar-refractivity contribution in [2.45, 2.75) is 51.7 Å². The summed E-state index contributed by atoms with van der Waals surface area (Å²) >= 11 is 6.52. The maximum Gasteiger partial charge on any atom is 0.266 e. The van der Waals surface area contributed by atoms with Gasteiger partial charge in [0.15, 0.2) is 5.78 Å². The van der Waals surface area contributed by atoms with Crippen molar-refractivity contribution in [2.75, 3.05) is 52.9 Å². The fourth-order valence-corrected chi connectivity index (χ4v) is 5.65. The summed E-state index contributed by atoms with van der Waals surface area (Å²) in [5.41, 5.74) is 0.832. The molecule has 4 amide bonds. The third kappa shape index (κ3) is 11.0. The minimum atomic E-state index is -1.05. The molecule has 0 saturated carbocycles. The van der Waals surface area contributed by atoms with E-state index in [1.807, 2.05) is 6.92 Å². The normalized spacial score (nSPS) is 16.5. The van der Waals surface area contributed by atoms with Crippen molar-refractivity contribution in [3.63, 3.8) is 0 Å². The second kappa shape index (κ2) is 19.7. The molecule has 0 aliphatic carbocycles. The van der Waals surface area contributed by atoms with E-state index in [1.165, 1.54) is 19.1 Å². The van der Waals surface area contributed by atoms with Crippen LogP contribution in [0.2, 0.25) is 5.02 Å². The number of nitrogens with one attached hydrogen (secondary N) is 1. The third-order valence-electron chi connectivity index (χ3n) is 7.87. The quantitative estimate of drug-likeness (QED) is 0.0597. The largest absolute Gasteiger partial charge is 0.491 e.